The molecule has 29 heavy (non-hydrogen) atoms. The summed E-state index contributed by atoms with van der Waals surface area (Å²) < 4.78 is 16.4. The molecule has 0 aliphatic heterocycles. The first-order valence-electron chi connectivity index (χ1n) is 9.34. The molecule has 1 amide bonds. The lowest BCUT2D eigenvalue weighted by Crippen LogP contribution is -2.13. The molecule has 0 spiro atoms. The average Bonchev–Trinajstić information content (AvgIpc) is 3.36. The number of anilines is 1. The Bertz CT molecular complexity index is 1150. The first kappa shape index (κ1) is 18.9. The molecule has 0 aliphatic rings. The molecule has 0 fully saturated rings. The molecule has 4 rings (SSSR count). The van der Waals surface area contributed by atoms with Gasteiger partial charge in [0, 0.05) is 5.69 Å². The van der Waals surface area contributed by atoms with Crippen molar-refractivity contribution >= 4 is 22.7 Å². The predicted molar refractivity (Wildman–Crippen MR) is 109 cm³/mol. The number of amides is 1. The highest BCUT2D eigenvalue weighted by Gasteiger charge is 2.20. The highest BCUT2D eigenvalue weighted by molar-refractivity contribution is 6.13. The minimum Gasteiger partial charge on any atom is -0.463 e. The summed E-state index contributed by atoms with van der Waals surface area (Å²) in [4.78, 5) is 17.5. The van der Waals surface area contributed by atoms with E-state index in [0.717, 1.165) is 5.56 Å². The van der Waals surface area contributed by atoms with E-state index in [0.29, 0.717) is 46.1 Å². The van der Waals surface area contributed by atoms with Crippen LogP contribution < -0.4 is 5.32 Å². The van der Waals surface area contributed by atoms with Gasteiger partial charge in [0.05, 0.1) is 35.6 Å². The molecule has 7 heteroatoms. The molecule has 7 nitrogen and oxygen atoms in total. The number of carbonyl (C=O) groups is 1. The van der Waals surface area contributed by atoms with Gasteiger partial charge in [-0.2, -0.15) is 0 Å². The number of pyridine rings is 1. The summed E-state index contributed by atoms with van der Waals surface area (Å²) in [6.45, 7) is 6.23. The maximum absolute atomic E-state index is 13.1. The summed E-state index contributed by atoms with van der Waals surface area (Å²) in [6.07, 6.45) is 1.69. The molecule has 0 atom stereocenters. The number of furan rings is 1. The number of hydrogen-bond acceptors (Lipinski definition) is 6. The Balaban J connectivity index is 1.66. The number of carbonyl (C=O) groups excluding carboxylic acids is 1. The van der Waals surface area contributed by atoms with Crippen LogP contribution in [0.1, 0.15) is 35.5 Å². The number of aromatic nitrogens is 2. The van der Waals surface area contributed by atoms with Crippen molar-refractivity contribution in [1.29, 1.82) is 0 Å². The molecule has 0 radical (unpaired) electrons. The van der Waals surface area contributed by atoms with Gasteiger partial charge in [-0.1, -0.05) is 17.3 Å². The van der Waals surface area contributed by atoms with E-state index < -0.39 is 0 Å². The van der Waals surface area contributed by atoms with Crippen molar-refractivity contribution in [2.45, 2.75) is 33.5 Å². The summed E-state index contributed by atoms with van der Waals surface area (Å²) in [7, 11) is 0. The number of ether oxygens (including phenoxy) is 1. The minimum absolute atomic E-state index is 0.134. The van der Waals surface area contributed by atoms with Crippen LogP contribution >= 0.6 is 0 Å². The SMILES string of the molecule is Cc1noc2nc(-c3ccco3)cc(C(=O)Nc3cccc(COC(C)C)c3)c12. The number of hydrogen-bond donors (Lipinski definition) is 1. The van der Waals surface area contributed by atoms with Crippen LogP contribution in [0.25, 0.3) is 22.6 Å². The molecule has 1 N–H and O–H groups in total. The van der Waals surface area contributed by atoms with Crippen LogP contribution in [0.3, 0.4) is 0 Å². The van der Waals surface area contributed by atoms with E-state index in [2.05, 4.69) is 15.5 Å². The quantitative estimate of drug-likeness (QED) is 0.499. The van der Waals surface area contributed by atoms with E-state index in [1.54, 1.807) is 31.4 Å². The Hall–Kier alpha value is -3.45. The molecule has 3 aromatic heterocycles. The van der Waals surface area contributed by atoms with Crippen molar-refractivity contribution in [3.05, 3.63) is 65.5 Å². The number of aryl methyl sites for hydroxylation is 1. The minimum atomic E-state index is -0.279. The number of nitrogens with one attached hydrogen (secondary N) is 1. The lowest BCUT2D eigenvalue weighted by molar-refractivity contribution is 0.0657. The summed E-state index contributed by atoms with van der Waals surface area (Å²) in [5.74, 6) is 0.265. The van der Waals surface area contributed by atoms with Gasteiger partial charge in [0.25, 0.3) is 11.6 Å². The summed E-state index contributed by atoms with van der Waals surface area (Å²) in [5, 5.41) is 7.48. The highest BCUT2D eigenvalue weighted by Crippen LogP contribution is 2.28. The van der Waals surface area contributed by atoms with Gasteiger partial charge < -0.3 is 19.0 Å². The van der Waals surface area contributed by atoms with Crippen LogP contribution in [0.4, 0.5) is 5.69 Å². The zero-order valence-electron chi connectivity index (χ0n) is 16.4. The van der Waals surface area contributed by atoms with Crippen LogP contribution in [0, 0.1) is 6.92 Å². The van der Waals surface area contributed by atoms with Gasteiger partial charge in [0.1, 0.15) is 5.69 Å². The third-order valence-electron chi connectivity index (χ3n) is 4.40. The van der Waals surface area contributed by atoms with Gasteiger partial charge in [-0.15, -0.1) is 0 Å². The highest BCUT2D eigenvalue weighted by atomic mass is 16.5. The van der Waals surface area contributed by atoms with Crippen LogP contribution in [0.5, 0.6) is 0 Å². The summed E-state index contributed by atoms with van der Waals surface area (Å²) in [5.41, 5.74) is 3.47. The van der Waals surface area contributed by atoms with Crippen molar-refractivity contribution < 1.29 is 18.5 Å². The average molecular weight is 391 g/mol. The molecule has 0 aliphatic carbocycles. The topological polar surface area (TPSA) is 90.4 Å². The van der Waals surface area contributed by atoms with E-state index in [-0.39, 0.29) is 12.0 Å². The summed E-state index contributed by atoms with van der Waals surface area (Å²) in [6, 6.07) is 12.8. The second-order valence-corrected chi connectivity index (χ2v) is 6.99. The molecule has 0 bridgehead atoms. The maximum Gasteiger partial charge on any atom is 0.259 e. The fourth-order valence-corrected chi connectivity index (χ4v) is 3.02. The van der Waals surface area contributed by atoms with E-state index in [9.17, 15) is 4.79 Å². The second-order valence-electron chi connectivity index (χ2n) is 6.99. The Kier molecular flexibility index (Phi) is 5.14. The standard InChI is InChI=1S/C22H21N3O4/c1-13(2)28-12-15-6-4-7-16(10-15)23-21(26)17-11-18(19-8-5-9-27-19)24-22-20(17)14(3)25-29-22/h4-11,13H,12H2,1-3H3,(H,23,26). The first-order chi connectivity index (χ1) is 14.0. The molecule has 0 saturated carbocycles. The smallest absolute Gasteiger partial charge is 0.259 e. The molecule has 3 heterocycles. The summed E-state index contributed by atoms with van der Waals surface area (Å²) >= 11 is 0. The molecule has 4 aromatic rings. The van der Waals surface area contributed by atoms with E-state index in [1.807, 2.05) is 38.1 Å². The number of nitrogens with zero attached hydrogens (tertiary/aromatic N) is 2. The van der Waals surface area contributed by atoms with Crippen molar-refractivity contribution in [1.82, 2.24) is 10.1 Å². The fraction of sp³-hybridized carbons (Fsp3) is 0.227. The van der Waals surface area contributed by atoms with E-state index in [4.69, 9.17) is 13.7 Å². The molecule has 0 unspecified atom stereocenters. The van der Waals surface area contributed by atoms with Crippen molar-refractivity contribution in [3.63, 3.8) is 0 Å². The maximum atomic E-state index is 13.1. The fourth-order valence-electron chi connectivity index (χ4n) is 3.02. The van der Waals surface area contributed by atoms with Crippen LogP contribution in [0.2, 0.25) is 0 Å². The Morgan fingerprint density at radius 3 is 2.83 bits per heavy atom. The van der Waals surface area contributed by atoms with Crippen LogP contribution in [-0.4, -0.2) is 22.2 Å². The zero-order chi connectivity index (χ0) is 20.4. The Morgan fingerprint density at radius 2 is 2.07 bits per heavy atom. The van der Waals surface area contributed by atoms with Crippen molar-refractivity contribution in [3.8, 4) is 11.5 Å². The van der Waals surface area contributed by atoms with Gasteiger partial charge in [-0.3, -0.25) is 4.79 Å². The van der Waals surface area contributed by atoms with Gasteiger partial charge in [0.15, 0.2) is 5.76 Å². The number of benzene rings is 1. The molecule has 148 valence electrons. The first-order valence-corrected chi connectivity index (χ1v) is 9.34. The van der Waals surface area contributed by atoms with Gasteiger partial charge in [-0.05, 0) is 56.7 Å². The molecular weight excluding hydrogens is 370 g/mol. The van der Waals surface area contributed by atoms with E-state index >= 15 is 0 Å². The van der Waals surface area contributed by atoms with Gasteiger partial charge in [-0.25, -0.2) is 4.98 Å². The normalized spacial score (nSPS) is 11.3. The largest absolute Gasteiger partial charge is 0.463 e. The Labute approximate surface area is 167 Å². The molecule has 1 aromatic carbocycles. The van der Waals surface area contributed by atoms with Gasteiger partial charge in [0.2, 0.25) is 0 Å². The Morgan fingerprint density at radius 1 is 1.21 bits per heavy atom. The molecule has 0 saturated heterocycles. The molecular formula is C22H21N3O4. The van der Waals surface area contributed by atoms with Crippen molar-refractivity contribution in [2.24, 2.45) is 0 Å². The lowest BCUT2D eigenvalue weighted by Gasteiger charge is -2.11. The monoisotopic (exact) mass is 391 g/mol. The van der Waals surface area contributed by atoms with Crippen LogP contribution in [-0.2, 0) is 11.3 Å². The third-order valence-corrected chi connectivity index (χ3v) is 4.40. The van der Waals surface area contributed by atoms with Gasteiger partial charge >= 0.3 is 0 Å². The zero-order valence-corrected chi connectivity index (χ0v) is 16.4. The number of fused-ring (bicyclic) bond motifs is 1. The van der Waals surface area contributed by atoms with Crippen LogP contribution in [0.15, 0.2) is 57.7 Å². The second kappa shape index (κ2) is 7.89. The lowest BCUT2D eigenvalue weighted by atomic mass is 10.1. The third kappa shape index (κ3) is 4.05. The van der Waals surface area contributed by atoms with E-state index in [1.165, 1.54) is 0 Å². The predicted octanol–water partition coefficient (Wildman–Crippen LogP) is 4.97. The van der Waals surface area contributed by atoms with Crippen molar-refractivity contribution in [2.75, 3.05) is 5.32 Å². The number of rotatable bonds is 6.